The van der Waals surface area contributed by atoms with Gasteiger partial charge in [0.2, 0.25) is 11.8 Å². The van der Waals surface area contributed by atoms with Gasteiger partial charge in [-0.25, -0.2) is 0 Å². The monoisotopic (exact) mass is 320 g/mol. The molecule has 0 aromatic carbocycles. The summed E-state index contributed by atoms with van der Waals surface area (Å²) in [6.07, 6.45) is 6.32. The lowest BCUT2D eigenvalue weighted by atomic mass is 9.69. The average molecular weight is 320 g/mol. The molecular formula is C19H32N2O2. The molecule has 0 aromatic rings. The summed E-state index contributed by atoms with van der Waals surface area (Å²) in [5.74, 6) is 2.19. The summed E-state index contributed by atoms with van der Waals surface area (Å²) in [5, 5.41) is 2.96. The Labute approximate surface area is 140 Å². The number of amides is 2. The number of nitrogens with zero attached hydrogens (tertiary/aromatic N) is 1. The predicted octanol–water partition coefficient (Wildman–Crippen LogP) is 2.99. The molecule has 0 bridgehead atoms. The van der Waals surface area contributed by atoms with Crippen LogP contribution in [0.2, 0.25) is 0 Å². The first-order valence-electron chi connectivity index (χ1n) is 9.09. The Kier molecular flexibility index (Phi) is 6.25. The molecule has 23 heavy (non-hydrogen) atoms. The van der Waals surface area contributed by atoms with Gasteiger partial charge in [-0.15, -0.1) is 0 Å². The van der Waals surface area contributed by atoms with Crippen LogP contribution in [0.15, 0.2) is 11.6 Å². The van der Waals surface area contributed by atoms with Crippen molar-refractivity contribution in [2.75, 3.05) is 19.6 Å². The van der Waals surface area contributed by atoms with Crippen LogP contribution in [0.25, 0.3) is 0 Å². The summed E-state index contributed by atoms with van der Waals surface area (Å²) < 4.78 is 0. The third kappa shape index (κ3) is 4.82. The Morgan fingerprint density at radius 3 is 2.52 bits per heavy atom. The summed E-state index contributed by atoms with van der Waals surface area (Å²) in [5.41, 5.74) is 1.32. The molecular weight excluding hydrogens is 288 g/mol. The number of hydrogen-bond donors (Lipinski definition) is 1. The van der Waals surface area contributed by atoms with Crippen molar-refractivity contribution in [3.05, 3.63) is 11.6 Å². The van der Waals surface area contributed by atoms with E-state index in [1.165, 1.54) is 5.57 Å². The van der Waals surface area contributed by atoms with Crippen molar-refractivity contribution in [1.29, 1.82) is 0 Å². The van der Waals surface area contributed by atoms with E-state index in [1.807, 2.05) is 4.90 Å². The molecule has 1 aliphatic carbocycles. The largest absolute Gasteiger partial charge is 0.356 e. The summed E-state index contributed by atoms with van der Waals surface area (Å²) in [6.45, 7) is 10.8. The second-order valence-corrected chi connectivity index (χ2v) is 7.64. The molecule has 1 fully saturated rings. The Morgan fingerprint density at radius 2 is 1.96 bits per heavy atom. The van der Waals surface area contributed by atoms with E-state index < -0.39 is 0 Å². The van der Waals surface area contributed by atoms with Crippen LogP contribution in [0.3, 0.4) is 0 Å². The van der Waals surface area contributed by atoms with Crippen LogP contribution in [-0.4, -0.2) is 36.3 Å². The van der Waals surface area contributed by atoms with Gasteiger partial charge in [0.1, 0.15) is 0 Å². The highest BCUT2D eigenvalue weighted by Crippen LogP contribution is 2.39. The Balaban J connectivity index is 2.02. The van der Waals surface area contributed by atoms with Gasteiger partial charge >= 0.3 is 0 Å². The zero-order valence-electron chi connectivity index (χ0n) is 15.1. The summed E-state index contributed by atoms with van der Waals surface area (Å²) in [4.78, 5) is 25.7. The van der Waals surface area contributed by atoms with Crippen LogP contribution in [-0.2, 0) is 9.59 Å². The minimum atomic E-state index is 0.0323. The molecule has 1 aliphatic heterocycles. The van der Waals surface area contributed by atoms with E-state index in [0.29, 0.717) is 42.5 Å². The number of carbonyl (C=O) groups is 2. The summed E-state index contributed by atoms with van der Waals surface area (Å²) in [6, 6.07) is 0. The minimum Gasteiger partial charge on any atom is -0.356 e. The fourth-order valence-corrected chi connectivity index (χ4v) is 4.08. The zero-order valence-corrected chi connectivity index (χ0v) is 15.1. The fourth-order valence-electron chi connectivity index (χ4n) is 4.08. The molecule has 0 saturated carbocycles. The maximum absolute atomic E-state index is 12.5. The fraction of sp³-hybridized carbons (Fsp3) is 0.789. The summed E-state index contributed by atoms with van der Waals surface area (Å²) >= 11 is 0. The lowest BCUT2D eigenvalue weighted by Crippen LogP contribution is -2.37. The molecule has 1 N–H and O–H groups in total. The predicted molar refractivity (Wildman–Crippen MR) is 92.8 cm³/mol. The molecule has 0 aromatic heterocycles. The topological polar surface area (TPSA) is 49.4 Å². The molecule has 0 radical (unpaired) electrons. The van der Waals surface area contributed by atoms with E-state index in [4.69, 9.17) is 0 Å². The van der Waals surface area contributed by atoms with Crippen molar-refractivity contribution < 1.29 is 9.59 Å². The third-order valence-electron chi connectivity index (χ3n) is 5.55. The number of likely N-dealkylation sites (tertiary alicyclic amines) is 1. The maximum Gasteiger partial charge on any atom is 0.223 e. The van der Waals surface area contributed by atoms with Gasteiger partial charge in [0, 0.05) is 33.0 Å². The first-order chi connectivity index (χ1) is 10.9. The minimum absolute atomic E-state index is 0.0323. The van der Waals surface area contributed by atoms with Gasteiger partial charge in [-0.1, -0.05) is 25.5 Å². The van der Waals surface area contributed by atoms with Crippen molar-refractivity contribution in [1.82, 2.24) is 10.2 Å². The van der Waals surface area contributed by atoms with Gasteiger partial charge < -0.3 is 10.2 Å². The van der Waals surface area contributed by atoms with Gasteiger partial charge in [0.25, 0.3) is 0 Å². The van der Waals surface area contributed by atoms with E-state index >= 15 is 0 Å². The smallest absolute Gasteiger partial charge is 0.223 e. The molecule has 4 nitrogen and oxygen atoms in total. The average Bonchev–Trinajstić information content (AvgIpc) is 3.01. The highest BCUT2D eigenvalue weighted by molar-refractivity contribution is 5.77. The van der Waals surface area contributed by atoms with Crippen molar-refractivity contribution in [2.24, 2.45) is 23.7 Å². The Morgan fingerprint density at radius 1 is 1.30 bits per heavy atom. The molecule has 4 heteroatoms. The first-order valence-corrected chi connectivity index (χ1v) is 9.09. The molecule has 2 aliphatic rings. The van der Waals surface area contributed by atoms with Crippen molar-refractivity contribution in [2.45, 2.75) is 53.4 Å². The number of nitrogens with one attached hydrogen (secondary N) is 1. The van der Waals surface area contributed by atoms with Crippen LogP contribution < -0.4 is 5.32 Å². The van der Waals surface area contributed by atoms with Crippen LogP contribution >= 0.6 is 0 Å². The standard InChI is InChI=1S/C19H32N2O2/c1-13(2)18-10-16(11-19(23)21-7-5-6-8-21)14(3)9-17(18)12-20-15(4)22/h9,13,16-18H,5-8,10-12H2,1-4H3,(H,20,22). The number of hydrogen-bond acceptors (Lipinski definition) is 2. The molecule has 1 heterocycles. The highest BCUT2D eigenvalue weighted by atomic mass is 16.2. The highest BCUT2D eigenvalue weighted by Gasteiger charge is 2.33. The quantitative estimate of drug-likeness (QED) is 0.792. The van der Waals surface area contributed by atoms with E-state index in [9.17, 15) is 9.59 Å². The van der Waals surface area contributed by atoms with Crippen LogP contribution in [0.4, 0.5) is 0 Å². The Bertz CT molecular complexity index is 464. The maximum atomic E-state index is 12.5. The molecule has 3 unspecified atom stereocenters. The van der Waals surface area contributed by atoms with Gasteiger partial charge in [0.15, 0.2) is 0 Å². The number of allylic oxidation sites excluding steroid dienone is 1. The van der Waals surface area contributed by atoms with E-state index in [-0.39, 0.29) is 5.91 Å². The SMILES string of the molecule is CC(=O)NCC1C=C(C)C(CC(=O)N2CCCC2)CC1C(C)C. The number of rotatable bonds is 5. The molecule has 1 saturated heterocycles. The first kappa shape index (κ1) is 18.0. The molecule has 130 valence electrons. The van der Waals surface area contributed by atoms with E-state index in [0.717, 1.165) is 32.4 Å². The van der Waals surface area contributed by atoms with Crippen LogP contribution in [0.5, 0.6) is 0 Å². The van der Waals surface area contributed by atoms with Gasteiger partial charge in [-0.3, -0.25) is 9.59 Å². The Hall–Kier alpha value is -1.32. The van der Waals surface area contributed by atoms with Crippen molar-refractivity contribution in [3.8, 4) is 0 Å². The molecule has 2 amide bonds. The molecule has 0 spiro atoms. The summed E-state index contributed by atoms with van der Waals surface area (Å²) in [7, 11) is 0. The van der Waals surface area contributed by atoms with Gasteiger partial charge in [0.05, 0.1) is 0 Å². The lowest BCUT2D eigenvalue weighted by Gasteiger charge is -2.37. The van der Waals surface area contributed by atoms with Gasteiger partial charge in [-0.2, -0.15) is 0 Å². The number of carbonyl (C=O) groups excluding carboxylic acids is 2. The van der Waals surface area contributed by atoms with Crippen molar-refractivity contribution >= 4 is 11.8 Å². The molecule has 2 rings (SSSR count). The second kappa shape index (κ2) is 7.98. The second-order valence-electron chi connectivity index (χ2n) is 7.64. The molecule has 3 atom stereocenters. The van der Waals surface area contributed by atoms with Gasteiger partial charge in [-0.05, 0) is 49.9 Å². The zero-order chi connectivity index (χ0) is 17.0. The normalized spacial score (nSPS) is 28.0. The van der Waals surface area contributed by atoms with Crippen LogP contribution in [0.1, 0.15) is 53.4 Å². The van der Waals surface area contributed by atoms with Crippen molar-refractivity contribution in [3.63, 3.8) is 0 Å². The third-order valence-corrected chi connectivity index (χ3v) is 5.55. The van der Waals surface area contributed by atoms with E-state index in [1.54, 1.807) is 6.92 Å². The van der Waals surface area contributed by atoms with Crippen LogP contribution in [0, 0.1) is 23.7 Å². The lowest BCUT2D eigenvalue weighted by molar-refractivity contribution is -0.131. The van der Waals surface area contributed by atoms with E-state index in [2.05, 4.69) is 32.2 Å².